The summed E-state index contributed by atoms with van der Waals surface area (Å²) in [5.41, 5.74) is 7.92. The molecule has 2 atom stereocenters. The highest BCUT2D eigenvalue weighted by molar-refractivity contribution is 5.47. The first-order valence-electron chi connectivity index (χ1n) is 6.81. The predicted octanol–water partition coefficient (Wildman–Crippen LogP) is 1.84. The quantitative estimate of drug-likeness (QED) is 0.836. The van der Waals surface area contributed by atoms with E-state index in [0.717, 1.165) is 25.1 Å². The first-order chi connectivity index (χ1) is 8.72. The van der Waals surface area contributed by atoms with Crippen molar-refractivity contribution < 1.29 is 5.11 Å². The Labute approximate surface area is 109 Å². The minimum atomic E-state index is -0.0113. The lowest BCUT2D eigenvalue weighted by molar-refractivity contribution is 0.279. The van der Waals surface area contributed by atoms with Gasteiger partial charge in [0.05, 0.1) is 17.6 Å². The molecule has 0 aromatic carbocycles. The number of hydrogen-bond donors (Lipinski definition) is 2. The summed E-state index contributed by atoms with van der Waals surface area (Å²) in [6.07, 6.45) is 6.31. The molecule has 1 unspecified atom stereocenters. The fourth-order valence-electron chi connectivity index (χ4n) is 2.64. The molecule has 18 heavy (non-hydrogen) atoms. The molecular weight excluding hydrogens is 226 g/mol. The van der Waals surface area contributed by atoms with E-state index in [1.54, 1.807) is 0 Å². The molecule has 0 spiro atoms. The molecule has 1 aromatic rings. The summed E-state index contributed by atoms with van der Waals surface area (Å²) in [5, 5.41) is 8.94. The highest BCUT2D eigenvalue weighted by atomic mass is 16.2. The van der Waals surface area contributed by atoms with E-state index in [9.17, 15) is 0 Å². The summed E-state index contributed by atoms with van der Waals surface area (Å²) in [5.74, 6) is 0. The Hall–Kier alpha value is -1.13. The highest BCUT2D eigenvalue weighted by Gasteiger charge is 2.24. The fourth-order valence-corrected chi connectivity index (χ4v) is 2.64. The molecule has 3 N–H and O–H groups in total. The number of nitrogens with two attached hydrogens (primary N) is 1. The maximum Gasteiger partial charge on any atom is 0.0569 e. The molecule has 4 heteroatoms. The number of hydrogen-bond acceptors (Lipinski definition) is 4. The lowest BCUT2D eigenvalue weighted by Gasteiger charge is -2.26. The summed E-state index contributed by atoms with van der Waals surface area (Å²) in [7, 11) is 0. The molecule has 0 aliphatic carbocycles. The van der Waals surface area contributed by atoms with E-state index in [1.165, 1.54) is 18.5 Å². The Kier molecular flexibility index (Phi) is 4.55. The maximum absolute atomic E-state index is 8.94. The second-order valence-electron chi connectivity index (χ2n) is 5.09. The average molecular weight is 249 g/mol. The normalized spacial score (nSPS) is 21.3. The second-order valence-corrected chi connectivity index (χ2v) is 5.09. The number of nitrogens with zero attached hydrogens (tertiary/aromatic N) is 2. The molecule has 0 amide bonds. The SMILES string of the molecule is C[C@@H](N)c1ccc(N2CCCC2CCCO)cn1. The van der Waals surface area contributed by atoms with Gasteiger partial charge in [-0.05, 0) is 44.7 Å². The van der Waals surface area contributed by atoms with Crippen molar-refractivity contribution in [2.75, 3.05) is 18.1 Å². The van der Waals surface area contributed by atoms with Gasteiger partial charge in [-0.15, -0.1) is 0 Å². The van der Waals surface area contributed by atoms with Crippen molar-refractivity contribution in [2.24, 2.45) is 5.73 Å². The number of aromatic nitrogens is 1. The van der Waals surface area contributed by atoms with Crippen LogP contribution < -0.4 is 10.6 Å². The van der Waals surface area contributed by atoms with Crippen molar-refractivity contribution in [3.8, 4) is 0 Å². The molecular formula is C14H23N3O. The summed E-state index contributed by atoms with van der Waals surface area (Å²) in [6, 6.07) is 4.67. The van der Waals surface area contributed by atoms with Crippen molar-refractivity contribution in [1.82, 2.24) is 4.98 Å². The van der Waals surface area contributed by atoms with Crippen LogP contribution in [0, 0.1) is 0 Å². The Morgan fingerprint density at radius 3 is 3.00 bits per heavy atom. The third kappa shape index (κ3) is 3.00. The number of pyridine rings is 1. The summed E-state index contributed by atoms with van der Waals surface area (Å²) < 4.78 is 0. The van der Waals surface area contributed by atoms with Crippen LogP contribution in [0.25, 0.3) is 0 Å². The van der Waals surface area contributed by atoms with Gasteiger partial charge in [0.1, 0.15) is 0 Å². The minimum absolute atomic E-state index is 0.0113. The van der Waals surface area contributed by atoms with Crippen molar-refractivity contribution in [2.45, 2.75) is 44.7 Å². The van der Waals surface area contributed by atoms with Gasteiger partial charge < -0.3 is 15.7 Å². The van der Waals surface area contributed by atoms with E-state index >= 15 is 0 Å². The Bertz CT molecular complexity index is 364. The van der Waals surface area contributed by atoms with Gasteiger partial charge in [-0.3, -0.25) is 4.98 Å². The highest BCUT2D eigenvalue weighted by Crippen LogP contribution is 2.27. The van der Waals surface area contributed by atoms with E-state index in [0.29, 0.717) is 6.04 Å². The zero-order chi connectivity index (χ0) is 13.0. The van der Waals surface area contributed by atoms with E-state index in [1.807, 2.05) is 19.2 Å². The topological polar surface area (TPSA) is 62.4 Å². The first kappa shape index (κ1) is 13.3. The molecule has 1 saturated heterocycles. The van der Waals surface area contributed by atoms with E-state index < -0.39 is 0 Å². The molecule has 1 aliphatic heterocycles. The lowest BCUT2D eigenvalue weighted by atomic mass is 10.1. The van der Waals surface area contributed by atoms with Crippen molar-refractivity contribution in [3.05, 3.63) is 24.0 Å². The summed E-state index contributed by atoms with van der Waals surface area (Å²) in [6.45, 7) is 3.32. The van der Waals surface area contributed by atoms with Crippen molar-refractivity contribution in [3.63, 3.8) is 0 Å². The third-order valence-electron chi connectivity index (χ3n) is 3.64. The van der Waals surface area contributed by atoms with Gasteiger partial charge in [-0.25, -0.2) is 0 Å². The van der Waals surface area contributed by atoms with E-state index in [4.69, 9.17) is 10.8 Å². The first-order valence-corrected chi connectivity index (χ1v) is 6.81. The molecule has 1 fully saturated rings. The molecule has 4 nitrogen and oxygen atoms in total. The molecule has 2 heterocycles. The van der Waals surface area contributed by atoms with Gasteiger partial charge in [0.2, 0.25) is 0 Å². The fraction of sp³-hybridized carbons (Fsp3) is 0.643. The van der Waals surface area contributed by atoms with Gasteiger partial charge >= 0.3 is 0 Å². The van der Waals surface area contributed by atoms with Crippen LogP contribution in [0.3, 0.4) is 0 Å². The number of rotatable bonds is 5. The second kappa shape index (κ2) is 6.16. The Morgan fingerprint density at radius 1 is 1.56 bits per heavy atom. The van der Waals surface area contributed by atoms with E-state index in [2.05, 4.69) is 16.0 Å². The van der Waals surface area contributed by atoms with Gasteiger partial charge in [0.25, 0.3) is 0 Å². The summed E-state index contributed by atoms with van der Waals surface area (Å²) >= 11 is 0. The van der Waals surface area contributed by atoms with Crippen LogP contribution in [-0.4, -0.2) is 29.3 Å². The molecule has 0 saturated carbocycles. The van der Waals surface area contributed by atoms with Crippen LogP contribution >= 0.6 is 0 Å². The van der Waals surface area contributed by atoms with Crippen molar-refractivity contribution >= 4 is 5.69 Å². The zero-order valence-electron chi connectivity index (χ0n) is 11.0. The third-order valence-corrected chi connectivity index (χ3v) is 3.64. The van der Waals surface area contributed by atoms with Crippen LogP contribution in [0.1, 0.15) is 44.3 Å². The van der Waals surface area contributed by atoms with Crippen LogP contribution in [0.5, 0.6) is 0 Å². The minimum Gasteiger partial charge on any atom is -0.396 e. The van der Waals surface area contributed by atoms with Gasteiger partial charge in [-0.1, -0.05) is 0 Å². The number of anilines is 1. The van der Waals surface area contributed by atoms with E-state index in [-0.39, 0.29) is 12.6 Å². The molecule has 0 bridgehead atoms. The number of aliphatic hydroxyl groups excluding tert-OH is 1. The Morgan fingerprint density at radius 2 is 2.39 bits per heavy atom. The molecule has 2 rings (SSSR count). The molecule has 0 radical (unpaired) electrons. The average Bonchev–Trinajstić information content (AvgIpc) is 2.84. The lowest BCUT2D eigenvalue weighted by Crippen LogP contribution is -2.29. The van der Waals surface area contributed by atoms with Crippen LogP contribution in [0.2, 0.25) is 0 Å². The monoisotopic (exact) mass is 249 g/mol. The number of aliphatic hydroxyl groups is 1. The van der Waals surface area contributed by atoms with Gasteiger partial charge in [-0.2, -0.15) is 0 Å². The van der Waals surface area contributed by atoms with Crippen molar-refractivity contribution in [1.29, 1.82) is 0 Å². The predicted molar refractivity (Wildman–Crippen MR) is 73.5 cm³/mol. The molecule has 1 aromatic heterocycles. The molecule has 1 aliphatic rings. The van der Waals surface area contributed by atoms with Crippen LogP contribution in [-0.2, 0) is 0 Å². The molecule has 100 valence electrons. The standard InChI is InChI=1S/C14H23N3O/c1-11(15)14-7-6-13(10-16-14)17-8-2-4-12(17)5-3-9-18/h6-7,10-12,18H,2-5,8-9,15H2,1H3/t11-,12?/m1/s1. The largest absolute Gasteiger partial charge is 0.396 e. The Balaban J connectivity index is 2.05. The van der Waals surface area contributed by atoms with Crippen LogP contribution in [0.15, 0.2) is 18.3 Å². The van der Waals surface area contributed by atoms with Gasteiger partial charge in [0, 0.05) is 25.2 Å². The maximum atomic E-state index is 8.94. The van der Waals surface area contributed by atoms with Gasteiger partial charge in [0.15, 0.2) is 0 Å². The summed E-state index contributed by atoms with van der Waals surface area (Å²) in [4.78, 5) is 6.83. The smallest absolute Gasteiger partial charge is 0.0569 e. The zero-order valence-corrected chi connectivity index (χ0v) is 11.0. The van der Waals surface area contributed by atoms with Crippen LogP contribution in [0.4, 0.5) is 5.69 Å².